The summed E-state index contributed by atoms with van der Waals surface area (Å²) in [4.78, 5) is 2.36. The van der Waals surface area contributed by atoms with Crippen molar-refractivity contribution in [3.8, 4) is 0 Å². The number of hydrogen-bond donors (Lipinski definition) is 1. The molecule has 0 aliphatic carbocycles. The third kappa shape index (κ3) is 4.95. The lowest BCUT2D eigenvalue weighted by atomic mass is 9.72. The molecule has 1 fully saturated rings. The van der Waals surface area contributed by atoms with Crippen LogP contribution in [0.1, 0.15) is 37.3 Å². The highest BCUT2D eigenvalue weighted by atomic mass is 19.1. The first-order valence-electron chi connectivity index (χ1n) is 9.82. The zero-order valence-corrected chi connectivity index (χ0v) is 16.3. The molecule has 0 bridgehead atoms. The Morgan fingerprint density at radius 1 is 1.04 bits per heavy atom. The van der Waals surface area contributed by atoms with Gasteiger partial charge in [0.1, 0.15) is 5.82 Å². The van der Waals surface area contributed by atoms with Gasteiger partial charge >= 0.3 is 0 Å². The zero-order valence-electron chi connectivity index (χ0n) is 16.3. The van der Waals surface area contributed by atoms with Crippen LogP contribution in [0.3, 0.4) is 0 Å². The molecule has 2 atom stereocenters. The summed E-state index contributed by atoms with van der Waals surface area (Å²) >= 11 is 0. The fraction of sp³-hybridized carbons (Fsp3) is 0.478. The Balaban J connectivity index is 2.01. The molecule has 1 N–H and O–H groups in total. The first-order valence-corrected chi connectivity index (χ1v) is 9.82. The fourth-order valence-electron chi connectivity index (χ4n) is 4.08. The lowest BCUT2D eigenvalue weighted by Crippen LogP contribution is -2.45. The van der Waals surface area contributed by atoms with Crippen LogP contribution in [0.2, 0.25) is 0 Å². The van der Waals surface area contributed by atoms with Crippen molar-refractivity contribution in [3.63, 3.8) is 0 Å². The SMILES string of the molecule is CC(C)C[C@@](O)(c1ccc(F)cc1)[C@@H](CN1CCOCC1)c1ccccc1. The number of benzene rings is 2. The maximum absolute atomic E-state index is 13.5. The second-order valence-corrected chi connectivity index (χ2v) is 7.91. The van der Waals surface area contributed by atoms with Gasteiger partial charge in [-0.1, -0.05) is 56.3 Å². The average molecular weight is 371 g/mol. The molecule has 0 radical (unpaired) electrons. The molecule has 4 heteroatoms. The predicted molar refractivity (Wildman–Crippen MR) is 106 cm³/mol. The Bertz CT molecular complexity index is 698. The highest BCUT2D eigenvalue weighted by Crippen LogP contribution is 2.42. The van der Waals surface area contributed by atoms with E-state index in [1.54, 1.807) is 12.1 Å². The van der Waals surface area contributed by atoms with Gasteiger partial charge in [-0.05, 0) is 35.6 Å². The van der Waals surface area contributed by atoms with Crippen molar-refractivity contribution in [1.82, 2.24) is 4.90 Å². The molecule has 146 valence electrons. The molecule has 3 rings (SSSR count). The quantitative estimate of drug-likeness (QED) is 0.793. The van der Waals surface area contributed by atoms with Gasteiger partial charge in [0, 0.05) is 25.6 Å². The van der Waals surface area contributed by atoms with Crippen LogP contribution in [-0.2, 0) is 10.3 Å². The van der Waals surface area contributed by atoms with Crippen LogP contribution in [0.25, 0.3) is 0 Å². The van der Waals surface area contributed by atoms with E-state index in [9.17, 15) is 9.50 Å². The minimum absolute atomic E-state index is 0.107. The van der Waals surface area contributed by atoms with Gasteiger partial charge in [0.05, 0.1) is 18.8 Å². The molecular formula is C23H30FNO2. The van der Waals surface area contributed by atoms with Gasteiger partial charge in [-0.15, -0.1) is 0 Å². The average Bonchev–Trinajstić information content (AvgIpc) is 2.67. The normalized spacial score (nSPS) is 19.0. The van der Waals surface area contributed by atoms with Gasteiger partial charge in [-0.25, -0.2) is 4.39 Å². The van der Waals surface area contributed by atoms with Crippen LogP contribution in [0.4, 0.5) is 4.39 Å². The third-order valence-corrected chi connectivity index (χ3v) is 5.39. The molecule has 1 heterocycles. The van der Waals surface area contributed by atoms with Gasteiger partial charge in [0.15, 0.2) is 0 Å². The smallest absolute Gasteiger partial charge is 0.123 e. The van der Waals surface area contributed by atoms with E-state index in [0.717, 1.165) is 44.0 Å². The van der Waals surface area contributed by atoms with Crippen molar-refractivity contribution in [2.75, 3.05) is 32.8 Å². The first-order chi connectivity index (χ1) is 13.0. The molecule has 0 amide bonds. The molecule has 3 nitrogen and oxygen atoms in total. The highest BCUT2D eigenvalue weighted by Gasteiger charge is 2.41. The zero-order chi connectivity index (χ0) is 19.3. The van der Waals surface area contributed by atoms with E-state index in [2.05, 4.69) is 30.9 Å². The van der Waals surface area contributed by atoms with Crippen molar-refractivity contribution >= 4 is 0 Å². The number of morpholine rings is 1. The van der Waals surface area contributed by atoms with E-state index in [4.69, 9.17) is 4.74 Å². The lowest BCUT2D eigenvalue weighted by Gasteiger charge is -2.41. The Morgan fingerprint density at radius 2 is 1.67 bits per heavy atom. The van der Waals surface area contributed by atoms with Crippen molar-refractivity contribution < 1.29 is 14.2 Å². The number of ether oxygens (including phenoxy) is 1. The van der Waals surface area contributed by atoms with E-state index in [1.807, 2.05) is 18.2 Å². The van der Waals surface area contributed by atoms with Gasteiger partial charge in [0.25, 0.3) is 0 Å². The fourth-order valence-corrected chi connectivity index (χ4v) is 4.08. The van der Waals surface area contributed by atoms with Crippen molar-refractivity contribution in [3.05, 3.63) is 71.5 Å². The van der Waals surface area contributed by atoms with Crippen LogP contribution in [0, 0.1) is 11.7 Å². The molecule has 0 aromatic heterocycles. The van der Waals surface area contributed by atoms with E-state index >= 15 is 0 Å². The minimum Gasteiger partial charge on any atom is -0.384 e. The molecule has 1 aliphatic heterocycles. The van der Waals surface area contributed by atoms with Crippen LogP contribution in [0.15, 0.2) is 54.6 Å². The van der Waals surface area contributed by atoms with Crippen molar-refractivity contribution in [2.45, 2.75) is 31.8 Å². The van der Waals surface area contributed by atoms with E-state index in [-0.39, 0.29) is 11.7 Å². The van der Waals surface area contributed by atoms with Crippen molar-refractivity contribution in [2.24, 2.45) is 5.92 Å². The van der Waals surface area contributed by atoms with E-state index in [0.29, 0.717) is 12.3 Å². The Hall–Kier alpha value is -1.75. The molecular weight excluding hydrogens is 341 g/mol. The molecule has 0 saturated carbocycles. The summed E-state index contributed by atoms with van der Waals surface area (Å²) < 4.78 is 19.0. The topological polar surface area (TPSA) is 32.7 Å². The predicted octanol–water partition coefficient (Wildman–Crippen LogP) is 4.18. The summed E-state index contributed by atoms with van der Waals surface area (Å²) in [6.07, 6.45) is 0.614. The molecule has 2 aromatic carbocycles. The highest BCUT2D eigenvalue weighted by molar-refractivity contribution is 5.32. The number of hydrogen-bond acceptors (Lipinski definition) is 3. The van der Waals surface area contributed by atoms with Gasteiger partial charge in [-0.3, -0.25) is 4.90 Å². The van der Waals surface area contributed by atoms with Crippen LogP contribution in [-0.4, -0.2) is 42.9 Å². The van der Waals surface area contributed by atoms with Gasteiger partial charge in [-0.2, -0.15) is 0 Å². The molecule has 27 heavy (non-hydrogen) atoms. The molecule has 1 aliphatic rings. The van der Waals surface area contributed by atoms with Crippen LogP contribution < -0.4 is 0 Å². The van der Waals surface area contributed by atoms with Crippen molar-refractivity contribution in [1.29, 1.82) is 0 Å². The van der Waals surface area contributed by atoms with Gasteiger partial charge < -0.3 is 9.84 Å². The minimum atomic E-state index is -1.07. The summed E-state index contributed by atoms with van der Waals surface area (Å²) in [5.74, 6) is -0.0873. The molecule has 1 saturated heterocycles. The third-order valence-electron chi connectivity index (χ3n) is 5.39. The van der Waals surface area contributed by atoms with Gasteiger partial charge in [0.2, 0.25) is 0 Å². The Morgan fingerprint density at radius 3 is 2.26 bits per heavy atom. The maximum atomic E-state index is 13.5. The van der Waals surface area contributed by atoms with Crippen LogP contribution >= 0.6 is 0 Å². The molecule has 0 unspecified atom stereocenters. The maximum Gasteiger partial charge on any atom is 0.123 e. The number of rotatable bonds is 7. The van der Waals surface area contributed by atoms with E-state index in [1.165, 1.54) is 12.1 Å². The van der Waals surface area contributed by atoms with E-state index < -0.39 is 5.60 Å². The Labute approximate surface area is 161 Å². The summed E-state index contributed by atoms with van der Waals surface area (Å²) in [6, 6.07) is 16.5. The summed E-state index contributed by atoms with van der Waals surface area (Å²) in [6.45, 7) is 8.15. The lowest BCUT2D eigenvalue weighted by molar-refractivity contribution is -0.0356. The second-order valence-electron chi connectivity index (χ2n) is 7.91. The number of nitrogens with zero attached hydrogens (tertiary/aromatic N) is 1. The Kier molecular flexibility index (Phi) is 6.64. The second kappa shape index (κ2) is 8.96. The first kappa shape index (κ1) is 20.0. The molecule has 0 spiro atoms. The largest absolute Gasteiger partial charge is 0.384 e. The summed E-state index contributed by atoms with van der Waals surface area (Å²) in [5.41, 5.74) is 0.817. The summed E-state index contributed by atoms with van der Waals surface area (Å²) in [5, 5.41) is 12.0. The van der Waals surface area contributed by atoms with Crippen LogP contribution in [0.5, 0.6) is 0 Å². The summed E-state index contributed by atoms with van der Waals surface area (Å²) in [7, 11) is 0. The monoisotopic (exact) mass is 371 g/mol. The standard InChI is InChI=1S/C23H30FNO2/c1-18(2)16-23(26,20-8-10-21(24)11-9-20)22(19-6-4-3-5-7-19)17-25-12-14-27-15-13-25/h3-11,18,22,26H,12-17H2,1-2H3/t22-,23+/m0/s1. The number of aliphatic hydroxyl groups is 1. The molecule has 2 aromatic rings. The number of halogens is 1.